The molecule has 1 unspecified atom stereocenters. The number of carboxylic acids is 1. The Morgan fingerprint density at radius 2 is 2.24 bits per heavy atom. The van der Waals surface area contributed by atoms with E-state index in [0.29, 0.717) is 12.2 Å². The molecule has 0 saturated carbocycles. The summed E-state index contributed by atoms with van der Waals surface area (Å²) in [6.45, 7) is 2.52. The fourth-order valence-electron chi connectivity index (χ4n) is 1.83. The van der Waals surface area contributed by atoms with Gasteiger partial charge in [-0.15, -0.1) is 0 Å². The van der Waals surface area contributed by atoms with E-state index in [0.717, 1.165) is 12.1 Å². The molecular weight excluding hydrogens is 220 g/mol. The van der Waals surface area contributed by atoms with E-state index in [4.69, 9.17) is 5.11 Å². The molecule has 5 heteroatoms. The first-order valence-corrected chi connectivity index (χ1v) is 5.54. The topological polar surface area (TPSA) is 78.4 Å². The normalized spacial score (nSPS) is 18.6. The number of amides is 1. The molecule has 2 rings (SSSR count). The highest BCUT2D eigenvalue weighted by Gasteiger charge is 2.22. The Balaban J connectivity index is 2.34. The Labute approximate surface area is 98.8 Å². The average molecular weight is 234 g/mol. The number of carbonyl (C=O) groups is 2. The van der Waals surface area contributed by atoms with E-state index in [1.54, 1.807) is 6.07 Å². The van der Waals surface area contributed by atoms with Gasteiger partial charge in [0.25, 0.3) is 0 Å². The highest BCUT2D eigenvalue weighted by molar-refractivity contribution is 5.99. The molecule has 1 atom stereocenters. The van der Waals surface area contributed by atoms with Crippen molar-refractivity contribution in [2.75, 3.05) is 17.2 Å². The minimum atomic E-state index is -1.00. The number of carbonyl (C=O) groups excluding carboxylic acids is 1. The Morgan fingerprint density at radius 3 is 2.88 bits per heavy atom. The van der Waals surface area contributed by atoms with Crippen LogP contribution >= 0.6 is 0 Å². The third-order valence-corrected chi connectivity index (χ3v) is 2.93. The number of fused-ring (bicyclic) bond motifs is 1. The molecule has 0 radical (unpaired) electrons. The molecule has 1 aromatic rings. The van der Waals surface area contributed by atoms with Gasteiger partial charge in [0.1, 0.15) is 0 Å². The predicted octanol–water partition coefficient (Wildman–Crippen LogP) is 1.77. The molecule has 1 aliphatic rings. The van der Waals surface area contributed by atoms with Gasteiger partial charge in [-0.25, -0.2) is 4.79 Å². The summed E-state index contributed by atoms with van der Waals surface area (Å²) in [5.74, 6) is -1.16. The molecule has 1 amide bonds. The van der Waals surface area contributed by atoms with E-state index in [-0.39, 0.29) is 17.4 Å². The zero-order valence-electron chi connectivity index (χ0n) is 9.49. The van der Waals surface area contributed by atoms with Crippen LogP contribution in [-0.2, 0) is 4.79 Å². The number of carboxylic acid groups (broad SMARTS) is 1. The van der Waals surface area contributed by atoms with Crippen molar-refractivity contribution in [3.05, 3.63) is 23.8 Å². The van der Waals surface area contributed by atoms with E-state index in [1.165, 1.54) is 12.1 Å². The molecule has 1 aliphatic heterocycles. The first-order chi connectivity index (χ1) is 8.11. The predicted molar refractivity (Wildman–Crippen MR) is 64.3 cm³/mol. The van der Waals surface area contributed by atoms with Crippen molar-refractivity contribution in [3.63, 3.8) is 0 Å². The molecule has 0 fully saturated rings. The number of anilines is 2. The van der Waals surface area contributed by atoms with Crippen LogP contribution in [0.3, 0.4) is 0 Å². The van der Waals surface area contributed by atoms with E-state index < -0.39 is 5.97 Å². The third kappa shape index (κ3) is 2.22. The van der Waals surface area contributed by atoms with Crippen LogP contribution in [0.1, 0.15) is 23.7 Å². The Hall–Kier alpha value is -2.04. The number of benzene rings is 1. The van der Waals surface area contributed by atoms with Gasteiger partial charge in [-0.3, -0.25) is 4.79 Å². The van der Waals surface area contributed by atoms with Gasteiger partial charge in [0.2, 0.25) is 5.91 Å². The second-order valence-corrected chi connectivity index (χ2v) is 4.04. The van der Waals surface area contributed by atoms with Gasteiger partial charge in [0.15, 0.2) is 0 Å². The molecule has 17 heavy (non-hydrogen) atoms. The van der Waals surface area contributed by atoms with Gasteiger partial charge in [-0.05, 0) is 24.6 Å². The largest absolute Gasteiger partial charge is 0.478 e. The van der Waals surface area contributed by atoms with Crippen LogP contribution in [0.5, 0.6) is 0 Å². The van der Waals surface area contributed by atoms with Crippen molar-refractivity contribution in [2.45, 2.75) is 13.3 Å². The molecule has 90 valence electrons. The fourth-order valence-corrected chi connectivity index (χ4v) is 1.83. The average Bonchev–Trinajstić information content (AvgIpc) is 2.46. The van der Waals surface area contributed by atoms with Crippen LogP contribution in [-0.4, -0.2) is 23.5 Å². The maximum atomic E-state index is 11.8. The number of nitrogens with one attached hydrogen (secondary N) is 2. The fraction of sp³-hybridized carbons (Fsp3) is 0.333. The van der Waals surface area contributed by atoms with Gasteiger partial charge < -0.3 is 15.7 Å². The molecular formula is C12H14N2O3. The molecule has 0 saturated heterocycles. The lowest BCUT2D eigenvalue weighted by atomic mass is 10.1. The second-order valence-electron chi connectivity index (χ2n) is 4.04. The van der Waals surface area contributed by atoms with E-state index in [9.17, 15) is 9.59 Å². The van der Waals surface area contributed by atoms with Crippen molar-refractivity contribution in [3.8, 4) is 0 Å². The first-order valence-electron chi connectivity index (χ1n) is 5.54. The maximum Gasteiger partial charge on any atom is 0.335 e. The lowest BCUT2D eigenvalue weighted by molar-refractivity contribution is -0.119. The van der Waals surface area contributed by atoms with Gasteiger partial charge in [-0.2, -0.15) is 0 Å². The summed E-state index contributed by atoms with van der Waals surface area (Å²) in [5.41, 5.74) is 1.46. The standard InChI is InChI=1S/C12H14N2O3/c1-2-7-6-13-9-4-3-8(12(16)17)5-10(9)14-11(7)15/h3-5,7,13H,2,6H2,1H3,(H,14,15)(H,16,17). The van der Waals surface area contributed by atoms with Gasteiger partial charge in [0, 0.05) is 6.54 Å². The first kappa shape index (κ1) is 11.4. The summed E-state index contributed by atoms with van der Waals surface area (Å²) < 4.78 is 0. The number of rotatable bonds is 2. The molecule has 0 aliphatic carbocycles. The van der Waals surface area contributed by atoms with Crippen LogP contribution in [0, 0.1) is 5.92 Å². The van der Waals surface area contributed by atoms with Crippen molar-refractivity contribution in [1.29, 1.82) is 0 Å². The van der Waals surface area contributed by atoms with Crippen LogP contribution in [0.4, 0.5) is 11.4 Å². The Morgan fingerprint density at radius 1 is 1.47 bits per heavy atom. The van der Waals surface area contributed by atoms with Crippen molar-refractivity contribution >= 4 is 23.3 Å². The van der Waals surface area contributed by atoms with Crippen molar-refractivity contribution in [2.24, 2.45) is 5.92 Å². The second kappa shape index (κ2) is 4.45. The number of hydrogen-bond acceptors (Lipinski definition) is 3. The van der Waals surface area contributed by atoms with Crippen LogP contribution in [0.15, 0.2) is 18.2 Å². The summed E-state index contributed by atoms with van der Waals surface area (Å²) in [7, 11) is 0. The van der Waals surface area contributed by atoms with Crippen LogP contribution in [0.25, 0.3) is 0 Å². The van der Waals surface area contributed by atoms with E-state index in [1.807, 2.05) is 6.92 Å². The van der Waals surface area contributed by atoms with Crippen molar-refractivity contribution in [1.82, 2.24) is 0 Å². The Kier molecular flexibility index (Phi) is 2.99. The molecule has 0 spiro atoms. The zero-order valence-corrected chi connectivity index (χ0v) is 9.49. The summed E-state index contributed by atoms with van der Waals surface area (Å²) >= 11 is 0. The molecule has 0 aromatic heterocycles. The lowest BCUT2D eigenvalue weighted by Crippen LogP contribution is -2.24. The molecule has 1 aromatic carbocycles. The minimum Gasteiger partial charge on any atom is -0.478 e. The molecule has 3 N–H and O–H groups in total. The summed E-state index contributed by atoms with van der Waals surface area (Å²) in [4.78, 5) is 22.6. The van der Waals surface area contributed by atoms with Gasteiger partial charge in [-0.1, -0.05) is 6.92 Å². The smallest absolute Gasteiger partial charge is 0.335 e. The van der Waals surface area contributed by atoms with Crippen LogP contribution in [0.2, 0.25) is 0 Å². The quantitative estimate of drug-likeness (QED) is 0.728. The summed E-state index contributed by atoms with van der Waals surface area (Å²) in [6.07, 6.45) is 0.749. The molecule has 1 heterocycles. The maximum absolute atomic E-state index is 11.8. The SMILES string of the molecule is CCC1CNc2ccc(C(=O)O)cc2NC1=O. The number of aromatic carboxylic acids is 1. The molecule has 0 bridgehead atoms. The van der Waals surface area contributed by atoms with E-state index >= 15 is 0 Å². The zero-order chi connectivity index (χ0) is 12.4. The van der Waals surface area contributed by atoms with E-state index in [2.05, 4.69) is 10.6 Å². The van der Waals surface area contributed by atoms with Gasteiger partial charge >= 0.3 is 5.97 Å². The van der Waals surface area contributed by atoms with Crippen molar-refractivity contribution < 1.29 is 14.7 Å². The third-order valence-electron chi connectivity index (χ3n) is 2.93. The minimum absolute atomic E-state index is 0.0683. The lowest BCUT2D eigenvalue weighted by Gasteiger charge is -2.09. The highest BCUT2D eigenvalue weighted by Crippen LogP contribution is 2.27. The molecule has 5 nitrogen and oxygen atoms in total. The highest BCUT2D eigenvalue weighted by atomic mass is 16.4. The Bertz CT molecular complexity index is 471. The number of hydrogen-bond donors (Lipinski definition) is 3. The summed E-state index contributed by atoms with van der Waals surface area (Å²) in [5, 5.41) is 14.8. The van der Waals surface area contributed by atoms with Crippen LogP contribution < -0.4 is 10.6 Å². The monoisotopic (exact) mass is 234 g/mol. The summed E-state index contributed by atoms with van der Waals surface area (Å²) in [6, 6.07) is 4.67. The van der Waals surface area contributed by atoms with Gasteiger partial charge in [0.05, 0.1) is 22.9 Å².